The number of hydrogen-bond acceptors (Lipinski definition) is 0. The van der Waals surface area contributed by atoms with E-state index in [4.69, 9.17) is 0 Å². The van der Waals surface area contributed by atoms with Gasteiger partial charge in [0.25, 0.3) is 0 Å². The van der Waals surface area contributed by atoms with Crippen LogP contribution in [0.4, 0.5) is 0 Å². The highest BCUT2D eigenvalue weighted by Gasteiger charge is 2.04. The molecule has 0 unspecified atom stereocenters. The summed E-state index contributed by atoms with van der Waals surface area (Å²) in [5.74, 6) is 1.38. The van der Waals surface area contributed by atoms with Crippen LogP contribution in [0.3, 0.4) is 0 Å². The van der Waals surface area contributed by atoms with Crippen molar-refractivity contribution < 1.29 is 0 Å². The van der Waals surface area contributed by atoms with Crippen LogP contribution in [0.1, 0.15) is 25.0 Å². The standard InChI is InChI=1S/C10H13/c1-8(2)10-6-4-9(3)5-7-10/h4-7H,1-3H3/q+1. The van der Waals surface area contributed by atoms with Crippen LogP contribution in [-0.4, -0.2) is 0 Å². The molecule has 0 amide bonds. The molecular weight excluding hydrogens is 120 g/mol. The van der Waals surface area contributed by atoms with Gasteiger partial charge in [-0.25, -0.2) is 0 Å². The van der Waals surface area contributed by atoms with Gasteiger partial charge in [-0.05, 0) is 24.6 Å². The van der Waals surface area contributed by atoms with Crippen molar-refractivity contribution in [1.82, 2.24) is 0 Å². The van der Waals surface area contributed by atoms with Crippen LogP contribution >= 0.6 is 0 Å². The van der Waals surface area contributed by atoms with E-state index < -0.39 is 0 Å². The smallest absolute Gasteiger partial charge is 0.0374 e. The van der Waals surface area contributed by atoms with Crippen LogP contribution < -0.4 is 0 Å². The normalized spacial score (nSPS) is 9.50. The van der Waals surface area contributed by atoms with Crippen molar-refractivity contribution in [1.29, 1.82) is 0 Å². The Hall–Kier alpha value is -0.910. The van der Waals surface area contributed by atoms with Crippen molar-refractivity contribution in [3.05, 3.63) is 41.3 Å². The van der Waals surface area contributed by atoms with Gasteiger partial charge in [0.2, 0.25) is 0 Å². The van der Waals surface area contributed by atoms with Gasteiger partial charge in [-0.3, -0.25) is 0 Å². The Morgan fingerprint density at radius 1 is 1.00 bits per heavy atom. The zero-order valence-electron chi connectivity index (χ0n) is 6.81. The van der Waals surface area contributed by atoms with Crippen LogP contribution in [0.2, 0.25) is 0 Å². The highest BCUT2D eigenvalue weighted by Crippen LogP contribution is 2.12. The van der Waals surface area contributed by atoms with Crippen LogP contribution in [-0.2, 0) is 0 Å². The second-order valence-corrected chi connectivity index (χ2v) is 2.87. The van der Waals surface area contributed by atoms with E-state index in [-0.39, 0.29) is 0 Å². The van der Waals surface area contributed by atoms with Crippen molar-refractivity contribution in [2.75, 3.05) is 0 Å². The van der Waals surface area contributed by atoms with Crippen LogP contribution in [0.25, 0.3) is 0 Å². The van der Waals surface area contributed by atoms with E-state index in [0.717, 1.165) is 0 Å². The Balaban J connectivity index is 2.89. The molecule has 0 radical (unpaired) electrons. The number of aryl methyl sites for hydroxylation is 1. The number of hydrogen-bond donors (Lipinski definition) is 0. The molecule has 0 bridgehead atoms. The molecule has 0 aliphatic carbocycles. The third-order valence-corrected chi connectivity index (χ3v) is 1.63. The summed E-state index contributed by atoms with van der Waals surface area (Å²) in [4.78, 5) is 0. The van der Waals surface area contributed by atoms with E-state index in [1.165, 1.54) is 17.0 Å². The molecule has 0 fully saturated rings. The summed E-state index contributed by atoms with van der Waals surface area (Å²) in [6.07, 6.45) is 0. The van der Waals surface area contributed by atoms with Crippen molar-refractivity contribution in [2.24, 2.45) is 0 Å². The average molecular weight is 133 g/mol. The van der Waals surface area contributed by atoms with Crippen LogP contribution in [0, 0.1) is 12.8 Å². The maximum atomic E-state index is 2.16. The first-order valence-corrected chi connectivity index (χ1v) is 3.57. The molecule has 0 aromatic heterocycles. The molecule has 10 heavy (non-hydrogen) atoms. The molecule has 0 saturated carbocycles. The summed E-state index contributed by atoms with van der Waals surface area (Å²) in [7, 11) is 0. The lowest BCUT2D eigenvalue weighted by Crippen LogP contribution is -1.86. The van der Waals surface area contributed by atoms with Gasteiger partial charge in [-0.15, -0.1) is 0 Å². The van der Waals surface area contributed by atoms with Gasteiger partial charge in [0.15, 0.2) is 0 Å². The molecule has 0 nitrogen and oxygen atoms in total. The lowest BCUT2D eigenvalue weighted by atomic mass is 10.0. The minimum atomic E-state index is 1.32. The van der Waals surface area contributed by atoms with Gasteiger partial charge in [-0.2, -0.15) is 0 Å². The Bertz CT molecular complexity index is 194. The molecule has 0 saturated heterocycles. The summed E-state index contributed by atoms with van der Waals surface area (Å²) < 4.78 is 0. The lowest BCUT2D eigenvalue weighted by molar-refractivity contribution is 1.14. The zero-order valence-corrected chi connectivity index (χ0v) is 6.81. The molecule has 1 rings (SSSR count). The Labute approximate surface area is 62.9 Å². The number of rotatable bonds is 1. The predicted molar refractivity (Wildman–Crippen MR) is 44.9 cm³/mol. The molecule has 0 aliphatic heterocycles. The highest BCUT2D eigenvalue weighted by molar-refractivity contribution is 5.30. The first kappa shape index (κ1) is 7.20. The molecule has 0 aliphatic rings. The maximum absolute atomic E-state index is 2.16. The summed E-state index contributed by atoms with van der Waals surface area (Å²) in [5, 5.41) is 0. The lowest BCUT2D eigenvalue weighted by Gasteiger charge is -1.94. The topological polar surface area (TPSA) is 0 Å². The Morgan fingerprint density at radius 2 is 1.50 bits per heavy atom. The molecule has 0 heterocycles. The number of benzene rings is 1. The van der Waals surface area contributed by atoms with Crippen molar-refractivity contribution >= 4 is 0 Å². The van der Waals surface area contributed by atoms with Crippen LogP contribution in [0.15, 0.2) is 24.3 Å². The molecule has 0 spiro atoms. The van der Waals surface area contributed by atoms with E-state index in [1.54, 1.807) is 0 Å². The van der Waals surface area contributed by atoms with Gasteiger partial charge < -0.3 is 0 Å². The summed E-state index contributed by atoms with van der Waals surface area (Å²) >= 11 is 0. The van der Waals surface area contributed by atoms with Gasteiger partial charge in [0.1, 0.15) is 5.56 Å². The molecule has 0 N–H and O–H groups in total. The molecule has 52 valence electrons. The molecule has 0 heteroatoms. The fourth-order valence-electron chi connectivity index (χ4n) is 0.887. The SMILES string of the molecule is Cc1ccc([C+](C)C)cc1. The summed E-state index contributed by atoms with van der Waals surface area (Å²) in [5.41, 5.74) is 2.66. The second kappa shape index (κ2) is 2.78. The minimum absolute atomic E-state index is 1.32. The average Bonchev–Trinajstić information content (AvgIpc) is 1.88. The van der Waals surface area contributed by atoms with E-state index in [0.29, 0.717) is 0 Å². The third-order valence-electron chi connectivity index (χ3n) is 1.63. The minimum Gasteiger partial charge on any atom is -0.0374 e. The van der Waals surface area contributed by atoms with Crippen molar-refractivity contribution in [2.45, 2.75) is 20.8 Å². The Morgan fingerprint density at radius 3 is 1.90 bits per heavy atom. The molecular formula is C10H13+. The van der Waals surface area contributed by atoms with E-state index in [1.807, 2.05) is 0 Å². The van der Waals surface area contributed by atoms with E-state index >= 15 is 0 Å². The largest absolute Gasteiger partial charge is 0.132 e. The monoisotopic (exact) mass is 133 g/mol. The van der Waals surface area contributed by atoms with Gasteiger partial charge in [-0.1, -0.05) is 0 Å². The second-order valence-electron chi connectivity index (χ2n) is 2.87. The van der Waals surface area contributed by atoms with Crippen molar-refractivity contribution in [3.8, 4) is 0 Å². The van der Waals surface area contributed by atoms with E-state index in [9.17, 15) is 0 Å². The highest BCUT2D eigenvalue weighted by atomic mass is 14.0. The fourth-order valence-corrected chi connectivity index (χ4v) is 0.887. The fraction of sp³-hybridized carbons (Fsp3) is 0.300. The first-order valence-electron chi connectivity index (χ1n) is 3.57. The van der Waals surface area contributed by atoms with Gasteiger partial charge >= 0.3 is 0 Å². The quantitative estimate of drug-likeness (QED) is 0.517. The maximum Gasteiger partial charge on any atom is 0.132 e. The van der Waals surface area contributed by atoms with Crippen LogP contribution in [0.5, 0.6) is 0 Å². The first-order chi connectivity index (χ1) is 4.70. The molecule has 0 atom stereocenters. The van der Waals surface area contributed by atoms with E-state index in [2.05, 4.69) is 45.0 Å². The van der Waals surface area contributed by atoms with Gasteiger partial charge in [0.05, 0.1) is 0 Å². The summed E-state index contributed by atoms with van der Waals surface area (Å²) in [6, 6.07) is 8.60. The molecule has 1 aromatic rings. The third kappa shape index (κ3) is 1.53. The molecule has 1 aromatic carbocycles. The zero-order chi connectivity index (χ0) is 7.56. The summed E-state index contributed by atoms with van der Waals surface area (Å²) in [6.45, 7) is 6.37. The Kier molecular flexibility index (Phi) is 2.00. The predicted octanol–water partition coefficient (Wildman–Crippen LogP) is 2.96. The van der Waals surface area contributed by atoms with Crippen molar-refractivity contribution in [3.63, 3.8) is 0 Å². The van der Waals surface area contributed by atoms with Gasteiger partial charge in [0, 0.05) is 31.9 Å².